The standard InChI is InChI=1S/C34H30N2O3/c1-22-12-14-23(15-13-22)26-20-29-32(31(37)21-26)33(24-16-18-27(39-2)19-17-24)36(30-11-7-6-10-28(30)35-29)34(38)25-8-4-3-5-9-25/h3-19,26,33,35H,20-21H2,1-2H3/t26-,33+/m0/s1. The van der Waals surface area contributed by atoms with Gasteiger partial charge in [0, 0.05) is 23.3 Å². The first-order valence-electron chi connectivity index (χ1n) is 13.2. The van der Waals surface area contributed by atoms with Crippen molar-refractivity contribution >= 4 is 23.1 Å². The molecule has 39 heavy (non-hydrogen) atoms. The van der Waals surface area contributed by atoms with Gasteiger partial charge in [-0.15, -0.1) is 0 Å². The molecule has 0 aromatic heterocycles. The lowest BCUT2D eigenvalue weighted by atomic mass is 9.78. The lowest BCUT2D eigenvalue weighted by Crippen LogP contribution is -2.38. The van der Waals surface area contributed by atoms with E-state index in [2.05, 4.69) is 36.5 Å². The molecule has 2 atom stereocenters. The molecule has 4 aromatic carbocycles. The van der Waals surface area contributed by atoms with Crippen molar-refractivity contribution in [1.82, 2.24) is 0 Å². The van der Waals surface area contributed by atoms with Crippen LogP contribution < -0.4 is 15.0 Å². The number of anilines is 2. The molecular formula is C34H30N2O3. The zero-order valence-corrected chi connectivity index (χ0v) is 22.1. The molecule has 1 aliphatic carbocycles. The number of amides is 1. The summed E-state index contributed by atoms with van der Waals surface area (Å²) in [5.41, 5.74) is 6.82. The minimum absolute atomic E-state index is 0.0498. The van der Waals surface area contributed by atoms with Crippen LogP contribution in [0.3, 0.4) is 0 Å². The second kappa shape index (κ2) is 10.3. The van der Waals surface area contributed by atoms with Crippen LogP contribution in [-0.4, -0.2) is 18.8 Å². The van der Waals surface area contributed by atoms with Crippen molar-refractivity contribution in [3.05, 3.63) is 137 Å². The van der Waals surface area contributed by atoms with Crippen LogP contribution in [0.1, 0.15) is 51.8 Å². The van der Waals surface area contributed by atoms with E-state index in [1.165, 1.54) is 5.56 Å². The van der Waals surface area contributed by atoms with Crippen molar-refractivity contribution in [1.29, 1.82) is 0 Å². The number of Topliss-reactive ketones (excluding diaryl/α,β-unsaturated/α-hetero) is 1. The minimum atomic E-state index is -0.596. The van der Waals surface area contributed by atoms with Crippen molar-refractivity contribution in [3.8, 4) is 5.75 Å². The Morgan fingerprint density at radius 3 is 2.21 bits per heavy atom. The zero-order chi connectivity index (χ0) is 26.9. The van der Waals surface area contributed by atoms with Crippen LogP contribution in [-0.2, 0) is 4.79 Å². The number of methoxy groups -OCH3 is 1. The smallest absolute Gasteiger partial charge is 0.259 e. The van der Waals surface area contributed by atoms with Gasteiger partial charge in [-0.05, 0) is 66.8 Å². The van der Waals surface area contributed by atoms with Gasteiger partial charge in [-0.25, -0.2) is 0 Å². The van der Waals surface area contributed by atoms with E-state index in [0.717, 1.165) is 33.9 Å². The molecule has 1 heterocycles. The number of nitrogens with one attached hydrogen (secondary N) is 1. The van der Waals surface area contributed by atoms with Crippen molar-refractivity contribution in [3.63, 3.8) is 0 Å². The number of hydrogen-bond acceptors (Lipinski definition) is 4. The number of allylic oxidation sites excluding steroid dienone is 1. The number of hydrogen-bond donors (Lipinski definition) is 1. The number of nitrogens with zero attached hydrogens (tertiary/aromatic N) is 1. The monoisotopic (exact) mass is 514 g/mol. The van der Waals surface area contributed by atoms with Gasteiger partial charge in [0.2, 0.25) is 0 Å². The molecule has 0 unspecified atom stereocenters. The van der Waals surface area contributed by atoms with Gasteiger partial charge in [-0.1, -0.05) is 72.3 Å². The van der Waals surface area contributed by atoms with E-state index in [4.69, 9.17) is 4.74 Å². The van der Waals surface area contributed by atoms with Gasteiger partial charge in [-0.3, -0.25) is 14.5 Å². The molecule has 6 rings (SSSR count). The summed E-state index contributed by atoms with van der Waals surface area (Å²) in [6, 6.07) is 32.6. The highest BCUT2D eigenvalue weighted by atomic mass is 16.5. The summed E-state index contributed by atoms with van der Waals surface area (Å²) >= 11 is 0. The van der Waals surface area contributed by atoms with Crippen LogP contribution >= 0.6 is 0 Å². The summed E-state index contributed by atoms with van der Waals surface area (Å²) in [6.45, 7) is 2.07. The third-order valence-electron chi connectivity index (χ3n) is 7.71. The molecular weight excluding hydrogens is 484 g/mol. The quantitative estimate of drug-likeness (QED) is 0.312. The van der Waals surface area contributed by atoms with Crippen LogP contribution in [0, 0.1) is 6.92 Å². The number of carbonyl (C=O) groups is 2. The predicted molar refractivity (Wildman–Crippen MR) is 154 cm³/mol. The Balaban J connectivity index is 1.55. The molecule has 2 aliphatic rings. The van der Waals surface area contributed by atoms with E-state index in [1.807, 2.05) is 78.9 Å². The summed E-state index contributed by atoms with van der Waals surface area (Å²) < 4.78 is 5.41. The molecule has 1 N–H and O–H groups in total. The van der Waals surface area contributed by atoms with Crippen molar-refractivity contribution in [2.45, 2.75) is 31.7 Å². The first-order valence-corrected chi connectivity index (χ1v) is 13.2. The number of rotatable bonds is 4. The van der Waals surface area contributed by atoms with E-state index in [0.29, 0.717) is 24.0 Å². The molecule has 0 saturated carbocycles. The summed E-state index contributed by atoms with van der Waals surface area (Å²) in [6.07, 6.45) is 1.07. The summed E-state index contributed by atoms with van der Waals surface area (Å²) in [5, 5.41) is 3.60. The topological polar surface area (TPSA) is 58.6 Å². The third kappa shape index (κ3) is 4.61. The Labute approximate surface area is 228 Å². The van der Waals surface area contributed by atoms with Gasteiger partial charge in [0.05, 0.1) is 24.5 Å². The number of fused-ring (bicyclic) bond motifs is 1. The number of benzene rings is 4. The van der Waals surface area contributed by atoms with Gasteiger partial charge in [0.1, 0.15) is 5.75 Å². The molecule has 5 nitrogen and oxygen atoms in total. The highest BCUT2D eigenvalue weighted by molar-refractivity contribution is 6.12. The summed E-state index contributed by atoms with van der Waals surface area (Å²) in [4.78, 5) is 30.2. The van der Waals surface area contributed by atoms with Gasteiger partial charge in [0.25, 0.3) is 5.91 Å². The first-order chi connectivity index (χ1) is 19.0. The van der Waals surface area contributed by atoms with E-state index >= 15 is 0 Å². The van der Waals surface area contributed by atoms with Crippen LogP contribution in [0.25, 0.3) is 0 Å². The summed E-state index contributed by atoms with van der Waals surface area (Å²) in [7, 11) is 1.63. The van der Waals surface area contributed by atoms with E-state index in [1.54, 1.807) is 12.0 Å². The number of para-hydroxylation sites is 2. The maximum Gasteiger partial charge on any atom is 0.259 e. The van der Waals surface area contributed by atoms with E-state index in [-0.39, 0.29) is 17.6 Å². The second-order valence-corrected chi connectivity index (χ2v) is 10.2. The van der Waals surface area contributed by atoms with Gasteiger partial charge in [0.15, 0.2) is 5.78 Å². The van der Waals surface area contributed by atoms with Crippen LogP contribution in [0.15, 0.2) is 114 Å². The van der Waals surface area contributed by atoms with Gasteiger partial charge in [-0.2, -0.15) is 0 Å². The molecule has 1 amide bonds. The van der Waals surface area contributed by atoms with Gasteiger partial charge >= 0.3 is 0 Å². The molecule has 0 radical (unpaired) electrons. The lowest BCUT2D eigenvalue weighted by molar-refractivity contribution is -0.116. The summed E-state index contributed by atoms with van der Waals surface area (Å²) in [5.74, 6) is 0.668. The largest absolute Gasteiger partial charge is 0.497 e. The Morgan fingerprint density at radius 1 is 0.821 bits per heavy atom. The second-order valence-electron chi connectivity index (χ2n) is 10.2. The predicted octanol–water partition coefficient (Wildman–Crippen LogP) is 7.22. The fraction of sp³-hybridized carbons (Fsp3) is 0.176. The number of ketones is 1. The van der Waals surface area contributed by atoms with Crippen molar-refractivity contribution in [2.24, 2.45) is 0 Å². The number of aryl methyl sites for hydroxylation is 1. The fourth-order valence-corrected chi connectivity index (χ4v) is 5.71. The molecule has 4 aromatic rings. The zero-order valence-electron chi connectivity index (χ0n) is 22.1. The number of ether oxygens (including phenoxy) is 1. The maximum atomic E-state index is 14.3. The first kappa shape index (κ1) is 24.7. The van der Waals surface area contributed by atoms with Crippen molar-refractivity contribution in [2.75, 3.05) is 17.3 Å². The molecule has 0 fully saturated rings. The lowest BCUT2D eigenvalue weighted by Gasteiger charge is -2.35. The molecule has 0 bridgehead atoms. The Bertz CT molecular complexity index is 1560. The maximum absolute atomic E-state index is 14.3. The molecule has 0 spiro atoms. The van der Waals surface area contributed by atoms with E-state index < -0.39 is 6.04 Å². The van der Waals surface area contributed by atoms with Gasteiger partial charge < -0.3 is 10.1 Å². The number of carbonyl (C=O) groups excluding carboxylic acids is 2. The average Bonchev–Trinajstić information content (AvgIpc) is 3.12. The fourth-order valence-electron chi connectivity index (χ4n) is 5.71. The third-order valence-corrected chi connectivity index (χ3v) is 7.71. The van der Waals surface area contributed by atoms with Crippen molar-refractivity contribution < 1.29 is 14.3 Å². The Hall–Kier alpha value is -4.64. The Morgan fingerprint density at radius 2 is 1.49 bits per heavy atom. The molecule has 1 aliphatic heterocycles. The normalized spacial score (nSPS) is 18.5. The van der Waals surface area contributed by atoms with Crippen LogP contribution in [0.4, 0.5) is 11.4 Å². The molecule has 5 heteroatoms. The van der Waals surface area contributed by atoms with Crippen LogP contribution in [0.2, 0.25) is 0 Å². The highest BCUT2D eigenvalue weighted by Gasteiger charge is 2.41. The molecule has 194 valence electrons. The SMILES string of the molecule is COc1ccc([C@@H]2C3=C(C[C@H](c4ccc(C)cc4)CC3=O)Nc3ccccc3N2C(=O)c2ccccc2)cc1. The minimum Gasteiger partial charge on any atom is -0.497 e. The average molecular weight is 515 g/mol. The van der Waals surface area contributed by atoms with Crippen LogP contribution in [0.5, 0.6) is 5.75 Å². The Kier molecular flexibility index (Phi) is 6.49. The highest BCUT2D eigenvalue weighted by Crippen LogP contribution is 2.48. The molecule has 0 saturated heterocycles. The van der Waals surface area contributed by atoms with E-state index in [9.17, 15) is 9.59 Å².